The number of phosphoric acid groups is 2. The van der Waals surface area contributed by atoms with Crippen LogP contribution in [0.4, 0.5) is 0 Å². The van der Waals surface area contributed by atoms with E-state index in [0.717, 1.165) is 127 Å². The third kappa shape index (κ3) is 67.0. The summed E-state index contributed by atoms with van der Waals surface area (Å²) in [4.78, 5) is 72.4. The Morgan fingerprint density at radius 1 is 0.312 bits per heavy atom. The monoisotopic (exact) mass is 1370 g/mol. The van der Waals surface area contributed by atoms with E-state index in [0.29, 0.717) is 25.7 Å². The van der Waals surface area contributed by atoms with Crippen LogP contribution in [0.2, 0.25) is 0 Å². The zero-order valence-electron chi connectivity index (χ0n) is 60.6. The Morgan fingerprint density at radius 2 is 0.548 bits per heavy atom. The summed E-state index contributed by atoms with van der Waals surface area (Å²) < 4.78 is 68.1. The Labute approximate surface area is 568 Å². The van der Waals surface area contributed by atoms with Crippen molar-refractivity contribution in [2.24, 2.45) is 11.8 Å². The van der Waals surface area contributed by atoms with E-state index in [2.05, 4.69) is 41.5 Å². The molecule has 0 radical (unpaired) electrons. The van der Waals surface area contributed by atoms with Gasteiger partial charge >= 0.3 is 39.5 Å². The van der Waals surface area contributed by atoms with E-state index < -0.39 is 97.5 Å². The number of aliphatic hydroxyl groups excluding tert-OH is 1. The summed E-state index contributed by atoms with van der Waals surface area (Å²) >= 11 is 0. The molecule has 0 amide bonds. The highest BCUT2D eigenvalue weighted by Gasteiger charge is 2.30. The van der Waals surface area contributed by atoms with Crippen molar-refractivity contribution in [3.63, 3.8) is 0 Å². The van der Waals surface area contributed by atoms with E-state index in [1.807, 2.05) is 0 Å². The maximum absolute atomic E-state index is 13.1. The van der Waals surface area contributed by atoms with Gasteiger partial charge in [0, 0.05) is 25.7 Å². The number of unbranched alkanes of at least 4 members (excludes halogenated alkanes) is 42. The van der Waals surface area contributed by atoms with Crippen LogP contribution in [-0.4, -0.2) is 96.7 Å². The summed E-state index contributed by atoms with van der Waals surface area (Å²) in [6.45, 7) is 9.58. The lowest BCUT2D eigenvalue weighted by molar-refractivity contribution is -0.161. The summed E-state index contributed by atoms with van der Waals surface area (Å²) in [6.07, 6.45) is 53.1. The first-order chi connectivity index (χ1) is 44.9. The van der Waals surface area contributed by atoms with Gasteiger partial charge in [-0.25, -0.2) is 9.13 Å². The standard InChI is InChI=1S/C74H144O17P2/c1-7-10-12-14-36-44-50-56-71(76)84-62-69(90-73(78)58-52-46-37-15-13-11-8-2)64-88-92(80,81)86-60-68(75)61-87-93(82,83)89-65-70(63-85-72(77)57-51-45-40-34-30-26-23-22-24-28-32-38-42-48-54-66(4)5)91-74(79)59-53-47-41-35-31-27-21-19-17-16-18-20-25-29-33-39-43-49-55-67(6)9-3/h66-70,75H,7-65H2,1-6H3,(H,80,81)(H,82,83)/t67?,68-,69+,70+/m0/s1. The third-order valence-electron chi connectivity index (χ3n) is 17.6. The van der Waals surface area contributed by atoms with Crippen LogP contribution in [0, 0.1) is 11.8 Å². The topological polar surface area (TPSA) is 237 Å². The first-order valence-electron chi connectivity index (χ1n) is 38.5. The molecule has 0 saturated heterocycles. The molecule has 0 aromatic rings. The molecule has 0 saturated carbocycles. The molecular weight excluding hydrogens is 1220 g/mol. The van der Waals surface area contributed by atoms with Gasteiger partial charge in [-0.05, 0) is 37.5 Å². The molecule has 552 valence electrons. The van der Waals surface area contributed by atoms with Gasteiger partial charge in [0.1, 0.15) is 19.3 Å². The molecule has 19 heteroatoms. The second kappa shape index (κ2) is 66.0. The van der Waals surface area contributed by atoms with E-state index in [1.165, 1.54) is 173 Å². The molecule has 6 atom stereocenters. The molecule has 0 aliphatic rings. The van der Waals surface area contributed by atoms with Gasteiger partial charge in [0.05, 0.1) is 26.4 Å². The SMILES string of the molecule is CCCCCCCCCC(=O)OC[C@H](COP(=O)(O)OC[C@H](O)COP(=O)(O)OC[C@@H](COC(=O)CCCCCCCCCCCCCCCCC(C)C)OC(=O)CCCCCCCCCCCCCCCCCCCCC(C)CC)OC(=O)CCCCCCCCC. The van der Waals surface area contributed by atoms with E-state index in [9.17, 15) is 43.2 Å². The molecule has 0 fully saturated rings. The zero-order chi connectivity index (χ0) is 68.6. The van der Waals surface area contributed by atoms with Gasteiger partial charge in [-0.2, -0.15) is 0 Å². The summed E-state index contributed by atoms with van der Waals surface area (Å²) in [7, 11) is -9.89. The van der Waals surface area contributed by atoms with Crippen LogP contribution in [0.3, 0.4) is 0 Å². The highest BCUT2D eigenvalue weighted by Crippen LogP contribution is 2.45. The van der Waals surface area contributed by atoms with Crippen LogP contribution in [-0.2, 0) is 65.4 Å². The minimum absolute atomic E-state index is 0.103. The van der Waals surface area contributed by atoms with Crippen molar-refractivity contribution in [1.82, 2.24) is 0 Å². The van der Waals surface area contributed by atoms with E-state index >= 15 is 0 Å². The van der Waals surface area contributed by atoms with Crippen molar-refractivity contribution < 1.29 is 80.2 Å². The molecule has 0 aromatic carbocycles. The van der Waals surface area contributed by atoms with Gasteiger partial charge < -0.3 is 33.8 Å². The molecule has 0 bridgehead atoms. The molecule has 0 aromatic heterocycles. The van der Waals surface area contributed by atoms with Gasteiger partial charge in [0.2, 0.25) is 0 Å². The van der Waals surface area contributed by atoms with Crippen molar-refractivity contribution in [3.05, 3.63) is 0 Å². The molecule has 0 heterocycles. The molecule has 3 unspecified atom stereocenters. The van der Waals surface area contributed by atoms with Crippen molar-refractivity contribution in [1.29, 1.82) is 0 Å². The average molecular weight is 1370 g/mol. The lowest BCUT2D eigenvalue weighted by atomic mass is 9.99. The summed E-state index contributed by atoms with van der Waals surface area (Å²) in [5.41, 5.74) is 0. The lowest BCUT2D eigenvalue weighted by Gasteiger charge is -2.21. The van der Waals surface area contributed by atoms with Crippen LogP contribution in [0.5, 0.6) is 0 Å². The van der Waals surface area contributed by atoms with Crippen LogP contribution >= 0.6 is 15.6 Å². The normalized spacial score (nSPS) is 14.3. The maximum Gasteiger partial charge on any atom is 0.472 e. The number of carbonyl (C=O) groups is 4. The Kier molecular flexibility index (Phi) is 64.6. The number of carbonyl (C=O) groups excluding carboxylic acids is 4. The van der Waals surface area contributed by atoms with Crippen LogP contribution in [0.1, 0.15) is 382 Å². The first-order valence-corrected chi connectivity index (χ1v) is 41.5. The summed E-state index contributed by atoms with van der Waals surface area (Å²) in [6, 6.07) is 0. The first kappa shape index (κ1) is 91.1. The van der Waals surface area contributed by atoms with E-state index in [1.54, 1.807) is 0 Å². The highest BCUT2D eigenvalue weighted by molar-refractivity contribution is 7.47. The maximum atomic E-state index is 13.1. The number of aliphatic hydroxyl groups is 1. The van der Waals surface area contributed by atoms with Gasteiger partial charge in [-0.1, -0.05) is 330 Å². The van der Waals surface area contributed by atoms with Gasteiger partial charge in [-0.15, -0.1) is 0 Å². The molecule has 3 N–H and O–H groups in total. The summed E-state index contributed by atoms with van der Waals surface area (Å²) in [5.74, 6) is -0.459. The predicted octanol–water partition coefficient (Wildman–Crippen LogP) is 21.6. The number of hydrogen-bond acceptors (Lipinski definition) is 15. The number of ether oxygens (including phenoxy) is 4. The number of hydrogen-bond donors (Lipinski definition) is 3. The Morgan fingerprint density at radius 3 is 0.817 bits per heavy atom. The smallest absolute Gasteiger partial charge is 0.462 e. The number of esters is 4. The van der Waals surface area contributed by atoms with E-state index in [4.69, 9.17) is 37.0 Å². The highest BCUT2D eigenvalue weighted by atomic mass is 31.2. The van der Waals surface area contributed by atoms with Crippen LogP contribution in [0.15, 0.2) is 0 Å². The largest absolute Gasteiger partial charge is 0.472 e. The molecule has 0 rings (SSSR count). The molecule has 93 heavy (non-hydrogen) atoms. The quantitative estimate of drug-likeness (QED) is 0.0222. The Balaban J connectivity index is 5.10. The fourth-order valence-electron chi connectivity index (χ4n) is 11.3. The van der Waals surface area contributed by atoms with Gasteiger partial charge in [-0.3, -0.25) is 37.3 Å². The fraction of sp³-hybridized carbons (Fsp3) is 0.946. The second-order valence-electron chi connectivity index (χ2n) is 27.4. The van der Waals surface area contributed by atoms with E-state index in [-0.39, 0.29) is 25.7 Å². The number of rotatable bonds is 73. The average Bonchev–Trinajstić information content (AvgIpc) is 1.75. The second-order valence-corrected chi connectivity index (χ2v) is 30.3. The van der Waals surface area contributed by atoms with Crippen LogP contribution < -0.4 is 0 Å². The third-order valence-corrected chi connectivity index (χ3v) is 19.5. The van der Waals surface area contributed by atoms with Crippen molar-refractivity contribution in [2.75, 3.05) is 39.6 Å². The van der Waals surface area contributed by atoms with Crippen molar-refractivity contribution in [3.8, 4) is 0 Å². The van der Waals surface area contributed by atoms with Crippen molar-refractivity contribution >= 4 is 39.5 Å². The lowest BCUT2D eigenvalue weighted by Crippen LogP contribution is -2.30. The molecule has 17 nitrogen and oxygen atoms in total. The zero-order valence-corrected chi connectivity index (χ0v) is 62.3. The molecular formula is C74H144O17P2. The molecule has 0 aliphatic carbocycles. The predicted molar refractivity (Wildman–Crippen MR) is 377 cm³/mol. The fourth-order valence-corrected chi connectivity index (χ4v) is 12.8. The minimum atomic E-state index is -4.95. The van der Waals surface area contributed by atoms with Gasteiger partial charge in [0.15, 0.2) is 12.2 Å². The van der Waals surface area contributed by atoms with Crippen molar-refractivity contribution in [2.45, 2.75) is 400 Å². The Hall–Kier alpha value is -1.94. The van der Waals surface area contributed by atoms with Gasteiger partial charge in [0.25, 0.3) is 0 Å². The molecule has 0 spiro atoms. The van der Waals surface area contributed by atoms with Crippen LogP contribution in [0.25, 0.3) is 0 Å². The summed E-state index contributed by atoms with van der Waals surface area (Å²) in [5, 5.41) is 10.6. The minimum Gasteiger partial charge on any atom is -0.462 e. The number of phosphoric ester groups is 2. The molecule has 0 aliphatic heterocycles. The Bertz CT molecular complexity index is 1810.